The Hall–Kier alpha value is -4.21. The molecule has 0 bridgehead atoms. The lowest BCUT2D eigenvalue weighted by Gasteiger charge is -2.19. The monoisotopic (exact) mass is 602 g/mol. The minimum atomic E-state index is -0.612. The lowest BCUT2D eigenvalue weighted by atomic mass is 10.2. The Balaban J connectivity index is 1.72. The van der Waals surface area contributed by atoms with Crippen molar-refractivity contribution in [2.75, 3.05) is 0 Å². The van der Waals surface area contributed by atoms with Crippen LogP contribution in [0, 0.1) is 0 Å². The lowest BCUT2D eigenvalue weighted by molar-refractivity contribution is -0.157. The standard InChI is InChI=1S/C27H42N10O6/c1-25(2,3)41-22(38)16-35-13-19(28-31-35)10-34(11-20-14-36(32-29-20)17-23(39)42-26(4,5)6)12-21-15-37(33-30-21)18-24(40)43-27(7,8)9/h13-15H,10-12,16-18H2,1-9H3. The maximum atomic E-state index is 12.2. The number of carbonyl (C=O) groups excluding carboxylic acids is 3. The summed E-state index contributed by atoms with van der Waals surface area (Å²) in [5, 5.41) is 24.8. The van der Waals surface area contributed by atoms with Gasteiger partial charge in [-0.2, -0.15) is 0 Å². The van der Waals surface area contributed by atoms with Gasteiger partial charge in [0.2, 0.25) is 0 Å². The second kappa shape index (κ2) is 13.4. The number of hydrogen-bond acceptors (Lipinski definition) is 13. The van der Waals surface area contributed by atoms with Gasteiger partial charge in [0.15, 0.2) is 0 Å². The van der Waals surface area contributed by atoms with Gasteiger partial charge in [0.25, 0.3) is 0 Å². The Bertz CT molecular complexity index is 1220. The number of aromatic nitrogens is 9. The summed E-state index contributed by atoms with van der Waals surface area (Å²) in [6.07, 6.45) is 4.99. The molecule has 16 heteroatoms. The van der Waals surface area contributed by atoms with E-state index in [0.717, 1.165) is 0 Å². The molecule has 3 aromatic rings. The van der Waals surface area contributed by atoms with E-state index < -0.39 is 34.7 Å². The van der Waals surface area contributed by atoms with E-state index in [9.17, 15) is 14.4 Å². The molecule has 0 aliphatic carbocycles. The van der Waals surface area contributed by atoms with Crippen LogP contribution >= 0.6 is 0 Å². The van der Waals surface area contributed by atoms with E-state index in [1.165, 1.54) is 14.0 Å². The molecule has 0 aliphatic rings. The van der Waals surface area contributed by atoms with Crippen LogP contribution in [-0.4, -0.2) is 84.6 Å². The van der Waals surface area contributed by atoms with E-state index in [1.54, 1.807) is 80.9 Å². The molecule has 0 radical (unpaired) electrons. The predicted octanol–water partition coefficient (Wildman–Crippen LogP) is 1.69. The average Bonchev–Trinajstić information content (AvgIpc) is 3.52. The van der Waals surface area contributed by atoms with Gasteiger partial charge in [-0.3, -0.25) is 19.3 Å². The molecule has 0 aliphatic heterocycles. The van der Waals surface area contributed by atoms with Crippen molar-refractivity contribution < 1.29 is 28.6 Å². The van der Waals surface area contributed by atoms with Gasteiger partial charge >= 0.3 is 17.9 Å². The Morgan fingerprint density at radius 1 is 0.558 bits per heavy atom. The van der Waals surface area contributed by atoms with Crippen LogP contribution in [0.5, 0.6) is 0 Å². The van der Waals surface area contributed by atoms with E-state index in [4.69, 9.17) is 14.2 Å². The predicted molar refractivity (Wildman–Crippen MR) is 151 cm³/mol. The first-order chi connectivity index (χ1) is 19.8. The quantitative estimate of drug-likeness (QED) is 0.216. The number of esters is 3. The SMILES string of the molecule is CC(C)(C)OC(=O)Cn1cc(CN(Cc2cn(CC(=O)OC(C)(C)C)nn2)Cc2cn(CC(=O)OC(C)(C)C)nn2)nn1. The highest BCUT2D eigenvalue weighted by atomic mass is 16.6. The van der Waals surface area contributed by atoms with Crippen LogP contribution in [0.4, 0.5) is 0 Å². The second-order valence-electron chi connectivity index (χ2n) is 13.1. The Kier molecular flexibility index (Phi) is 10.4. The first-order valence-corrected chi connectivity index (χ1v) is 13.9. The summed E-state index contributed by atoms with van der Waals surface area (Å²) >= 11 is 0. The molecule has 0 N–H and O–H groups in total. The van der Waals surface area contributed by atoms with Crippen molar-refractivity contribution in [3.63, 3.8) is 0 Å². The van der Waals surface area contributed by atoms with E-state index in [0.29, 0.717) is 36.7 Å². The van der Waals surface area contributed by atoms with Crippen LogP contribution in [0.2, 0.25) is 0 Å². The summed E-state index contributed by atoms with van der Waals surface area (Å²) < 4.78 is 20.3. The third-order valence-electron chi connectivity index (χ3n) is 5.05. The van der Waals surface area contributed by atoms with Crippen molar-refractivity contribution in [3.8, 4) is 0 Å². The van der Waals surface area contributed by atoms with Crippen molar-refractivity contribution in [1.82, 2.24) is 49.9 Å². The zero-order valence-electron chi connectivity index (χ0n) is 26.4. The zero-order valence-corrected chi connectivity index (χ0v) is 26.4. The van der Waals surface area contributed by atoms with E-state index in [-0.39, 0.29) is 19.6 Å². The fourth-order valence-corrected chi connectivity index (χ4v) is 3.84. The van der Waals surface area contributed by atoms with Crippen molar-refractivity contribution in [2.24, 2.45) is 0 Å². The molecule has 236 valence electrons. The van der Waals surface area contributed by atoms with Crippen molar-refractivity contribution >= 4 is 17.9 Å². The molecule has 0 saturated carbocycles. The molecular weight excluding hydrogens is 560 g/mol. The minimum Gasteiger partial charge on any atom is -0.459 e. The van der Waals surface area contributed by atoms with Crippen LogP contribution in [0.25, 0.3) is 0 Å². The van der Waals surface area contributed by atoms with Crippen LogP contribution in [0.15, 0.2) is 18.6 Å². The summed E-state index contributed by atoms with van der Waals surface area (Å²) in [7, 11) is 0. The third kappa shape index (κ3) is 12.7. The minimum absolute atomic E-state index is 0.0811. The maximum Gasteiger partial charge on any atom is 0.328 e. The molecule has 0 saturated heterocycles. The first kappa shape index (κ1) is 33.3. The number of nitrogens with zero attached hydrogens (tertiary/aromatic N) is 10. The fourth-order valence-electron chi connectivity index (χ4n) is 3.84. The van der Waals surface area contributed by atoms with Crippen LogP contribution < -0.4 is 0 Å². The maximum absolute atomic E-state index is 12.2. The summed E-state index contributed by atoms with van der Waals surface area (Å²) in [4.78, 5) is 38.7. The van der Waals surface area contributed by atoms with Gasteiger partial charge in [-0.1, -0.05) is 15.6 Å². The Morgan fingerprint density at radius 3 is 1.05 bits per heavy atom. The highest BCUT2D eigenvalue weighted by molar-refractivity contribution is 5.70. The Morgan fingerprint density at radius 2 is 0.814 bits per heavy atom. The summed E-state index contributed by atoms with van der Waals surface area (Å²) in [6.45, 7) is 16.8. The lowest BCUT2D eigenvalue weighted by Crippen LogP contribution is -2.26. The average molecular weight is 603 g/mol. The smallest absolute Gasteiger partial charge is 0.328 e. The molecule has 3 rings (SSSR count). The summed E-state index contributed by atoms with van der Waals surface area (Å²) in [5.74, 6) is -1.28. The summed E-state index contributed by atoms with van der Waals surface area (Å²) in [6, 6.07) is 0. The number of ether oxygens (including phenoxy) is 3. The molecular formula is C27H42N10O6. The van der Waals surface area contributed by atoms with Gasteiger partial charge in [0.1, 0.15) is 36.4 Å². The zero-order chi connectivity index (χ0) is 32.0. The molecule has 0 fully saturated rings. The van der Waals surface area contributed by atoms with Crippen molar-refractivity contribution in [1.29, 1.82) is 0 Å². The molecule has 0 spiro atoms. The molecule has 0 aromatic carbocycles. The molecule has 43 heavy (non-hydrogen) atoms. The van der Waals surface area contributed by atoms with Gasteiger partial charge in [0.05, 0.1) is 35.7 Å². The van der Waals surface area contributed by atoms with Crippen molar-refractivity contribution in [3.05, 3.63) is 35.7 Å². The first-order valence-electron chi connectivity index (χ1n) is 13.9. The molecule has 0 amide bonds. The number of hydrogen-bond donors (Lipinski definition) is 0. The molecule has 3 heterocycles. The molecule has 16 nitrogen and oxygen atoms in total. The normalized spacial score (nSPS) is 12.4. The highest BCUT2D eigenvalue weighted by Crippen LogP contribution is 2.13. The van der Waals surface area contributed by atoms with Gasteiger partial charge in [-0.25, -0.2) is 14.0 Å². The fraction of sp³-hybridized carbons (Fsp3) is 0.667. The Labute approximate surface area is 250 Å². The number of rotatable bonds is 12. The van der Waals surface area contributed by atoms with E-state index in [2.05, 4.69) is 30.9 Å². The van der Waals surface area contributed by atoms with E-state index in [1.807, 2.05) is 4.90 Å². The van der Waals surface area contributed by atoms with E-state index >= 15 is 0 Å². The van der Waals surface area contributed by atoms with Crippen molar-refractivity contribution in [2.45, 2.75) is 118 Å². The molecule has 0 unspecified atom stereocenters. The van der Waals surface area contributed by atoms with Gasteiger partial charge in [-0.05, 0) is 62.3 Å². The van der Waals surface area contributed by atoms with Crippen LogP contribution in [-0.2, 0) is 67.9 Å². The van der Waals surface area contributed by atoms with Gasteiger partial charge in [0, 0.05) is 19.6 Å². The topological polar surface area (TPSA) is 174 Å². The largest absolute Gasteiger partial charge is 0.459 e. The number of carbonyl (C=O) groups is 3. The third-order valence-corrected chi connectivity index (χ3v) is 5.05. The van der Waals surface area contributed by atoms with Gasteiger partial charge < -0.3 is 14.2 Å². The summed E-state index contributed by atoms with van der Waals surface area (Å²) in [5.41, 5.74) is -0.0696. The van der Waals surface area contributed by atoms with Crippen LogP contribution in [0.3, 0.4) is 0 Å². The molecule has 3 aromatic heterocycles. The molecule has 0 atom stereocenters. The highest BCUT2D eigenvalue weighted by Gasteiger charge is 2.21. The van der Waals surface area contributed by atoms with Gasteiger partial charge in [-0.15, -0.1) is 15.3 Å². The van der Waals surface area contributed by atoms with Crippen LogP contribution in [0.1, 0.15) is 79.4 Å². The second-order valence-corrected chi connectivity index (χ2v) is 13.1.